The van der Waals surface area contributed by atoms with Crippen molar-refractivity contribution in [1.29, 1.82) is 0 Å². The number of carbonyl (C=O) groups is 1. The minimum atomic E-state index is -0.749. The maximum atomic E-state index is 13.9. The lowest BCUT2D eigenvalue weighted by atomic mass is 9.90. The number of hydrogen-bond acceptors (Lipinski definition) is 6. The highest BCUT2D eigenvalue weighted by Gasteiger charge is 2.36. The molecule has 1 aliphatic rings. The average molecular weight is 499 g/mol. The van der Waals surface area contributed by atoms with E-state index in [4.69, 9.17) is 9.47 Å². The molecule has 0 saturated heterocycles. The van der Waals surface area contributed by atoms with Gasteiger partial charge in [-0.05, 0) is 49.2 Å². The number of ether oxygens (including phenoxy) is 2. The Bertz CT molecular complexity index is 1690. The van der Waals surface area contributed by atoms with E-state index in [0.717, 1.165) is 27.5 Å². The number of esters is 1. The Hall–Kier alpha value is -3.97. The summed E-state index contributed by atoms with van der Waals surface area (Å²) in [5, 5.41) is 1.87. The standard InChI is InChI=1S/C29H26N2O4S/c1-5-35-28(33)24-18(3)30-29-31(27(32)23(36-29)16-19-12-10-17(2)11-13-19)26(24)25-21-9-7-6-8-20(21)14-15-22(25)34-4/h6-16,26H,5H2,1-4H3/b23-16-/t26-/m0/s1. The summed E-state index contributed by atoms with van der Waals surface area (Å²) < 4.78 is 13.4. The molecule has 3 aromatic carbocycles. The molecule has 2 heterocycles. The monoisotopic (exact) mass is 498 g/mol. The molecule has 0 aliphatic carbocycles. The Morgan fingerprint density at radius 2 is 1.83 bits per heavy atom. The highest BCUT2D eigenvalue weighted by molar-refractivity contribution is 7.07. The predicted molar refractivity (Wildman–Crippen MR) is 142 cm³/mol. The quantitative estimate of drug-likeness (QED) is 0.386. The normalized spacial score (nSPS) is 15.6. The van der Waals surface area contributed by atoms with Crippen LogP contribution in [0.4, 0.5) is 0 Å². The van der Waals surface area contributed by atoms with E-state index in [0.29, 0.717) is 26.4 Å². The van der Waals surface area contributed by atoms with Gasteiger partial charge in [-0.1, -0.05) is 71.5 Å². The number of rotatable bonds is 5. The van der Waals surface area contributed by atoms with E-state index < -0.39 is 12.0 Å². The zero-order valence-electron chi connectivity index (χ0n) is 20.6. The summed E-state index contributed by atoms with van der Waals surface area (Å²) in [4.78, 5) is 32.4. The third-order valence-corrected chi connectivity index (χ3v) is 7.30. The predicted octanol–water partition coefficient (Wildman–Crippen LogP) is 4.27. The van der Waals surface area contributed by atoms with Gasteiger partial charge in [0.2, 0.25) is 0 Å². The molecule has 0 radical (unpaired) electrons. The number of aryl methyl sites for hydroxylation is 1. The Morgan fingerprint density at radius 1 is 1.08 bits per heavy atom. The molecule has 0 fully saturated rings. The Morgan fingerprint density at radius 3 is 2.56 bits per heavy atom. The zero-order chi connectivity index (χ0) is 25.4. The third kappa shape index (κ3) is 4.05. The van der Waals surface area contributed by atoms with E-state index in [2.05, 4.69) is 4.99 Å². The van der Waals surface area contributed by atoms with Gasteiger partial charge in [0.15, 0.2) is 4.80 Å². The minimum Gasteiger partial charge on any atom is -0.496 e. The molecule has 182 valence electrons. The largest absolute Gasteiger partial charge is 0.496 e. The van der Waals surface area contributed by atoms with Crippen molar-refractivity contribution in [3.05, 3.63) is 108 Å². The smallest absolute Gasteiger partial charge is 0.338 e. The van der Waals surface area contributed by atoms with Gasteiger partial charge in [0.05, 0.1) is 29.5 Å². The van der Waals surface area contributed by atoms with Crippen LogP contribution in [0, 0.1) is 6.92 Å². The molecule has 1 atom stereocenters. The van der Waals surface area contributed by atoms with Crippen LogP contribution in [0.1, 0.15) is 36.6 Å². The van der Waals surface area contributed by atoms with Crippen molar-refractivity contribution >= 4 is 34.2 Å². The van der Waals surface area contributed by atoms with Crippen LogP contribution in [0.3, 0.4) is 0 Å². The molecule has 1 aromatic heterocycles. The number of allylic oxidation sites excluding steroid dienone is 1. The molecular weight excluding hydrogens is 472 g/mol. The maximum Gasteiger partial charge on any atom is 0.338 e. The highest BCUT2D eigenvalue weighted by Crippen LogP contribution is 2.40. The van der Waals surface area contributed by atoms with E-state index in [1.54, 1.807) is 25.5 Å². The molecule has 7 heteroatoms. The van der Waals surface area contributed by atoms with Crippen molar-refractivity contribution in [2.75, 3.05) is 13.7 Å². The van der Waals surface area contributed by atoms with Crippen molar-refractivity contribution in [2.45, 2.75) is 26.8 Å². The number of hydrogen-bond donors (Lipinski definition) is 0. The number of fused-ring (bicyclic) bond motifs is 2. The first kappa shape index (κ1) is 23.8. The number of benzene rings is 3. The molecule has 6 nitrogen and oxygen atoms in total. The van der Waals surface area contributed by atoms with Gasteiger partial charge < -0.3 is 9.47 Å². The van der Waals surface area contributed by atoms with E-state index in [-0.39, 0.29) is 12.2 Å². The second-order valence-electron chi connectivity index (χ2n) is 8.62. The summed E-state index contributed by atoms with van der Waals surface area (Å²) in [6, 6.07) is 18.9. The van der Waals surface area contributed by atoms with Gasteiger partial charge in [-0.2, -0.15) is 0 Å². The SMILES string of the molecule is CCOC(=O)C1=C(C)N=c2s/c(=C\c3ccc(C)cc3)c(=O)n2[C@@H]1c1c(OC)ccc2ccccc12. The van der Waals surface area contributed by atoms with Crippen LogP contribution < -0.4 is 19.6 Å². The Labute approximate surface area is 212 Å². The van der Waals surface area contributed by atoms with Crippen LogP contribution in [0.5, 0.6) is 5.75 Å². The molecule has 5 rings (SSSR count). The minimum absolute atomic E-state index is 0.214. The van der Waals surface area contributed by atoms with Gasteiger partial charge in [-0.3, -0.25) is 9.36 Å². The van der Waals surface area contributed by atoms with Gasteiger partial charge in [-0.25, -0.2) is 9.79 Å². The van der Waals surface area contributed by atoms with Crippen LogP contribution in [-0.2, 0) is 9.53 Å². The lowest BCUT2D eigenvalue weighted by molar-refractivity contribution is -0.139. The maximum absolute atomic E-state index is 13.9. The fourth-order valence-electron chi connectivity index (χ4n) is 4.61. The van der Waals surface area contributed by atoms with Crippen LogP contribution >= 0.6 is 11.3 Å². The van der Waals surface area contributed by atoms with Gasteiger partial charge in [0, 0.05) is 5.56 Å². The Kier molecular flexibility index (Phi) is 6.33. The number of thiazole rings is 1. The summed E-state index contributed by atoms with van der Waals surface area (Å²) in [5.41, 5.74) is 3.44. The first-order valence-corrected chi connectivity index (χ1v) is 12.6. The molecule has 0 saturated carbocycles. The van der Waals surface area contributed by atoms with Crippen molar-refractivity contribution in [2.24, 2.45) is 4.99 Å². The summed E-state index contributed by atoms with van der Waals surface area (Å²) in [7, 11) is 1.59. The van der Waals surface area contributed by atoms with Crippen molar-refractivity contribution in [3.8, 4) is 5.75 Å². The molecule has 0 unspecified atom stereocenters. The number of aromatic nitrogens is 1. The van der Waals surface area contributed by atoms with E-state index in [9.17, 15) is 9.59 Å². The van der Waals surface area contributed by atoms with Crippen molar-refractivity contribution in [1.82, 2.24) is 4.57 Å². The molecule has 0 N–H and O–H groups in total. The van der Waals surface area contributed by atoms with Crippen molar-refractivity contribution in [3.63, 3.8) is 0 Å². The molecule has 0 spiro atoms. The molecule has 0 amide bonds. The molecule has 4 aromatic rings. The second-order valence-corrected chi connectivity index (χ2v) is 9.62. The van der Waals surface area contributed by atoms with Crippen molar-refractivity contribution < 1.29 is 14.3 Å². The number of carbonyl (C=O) groups excluding carboxylic acids is 1. The molecule has 1 aliphatic heterocycles. The van der Waals surface area contributed by atoms with E-state index >= 15 is 0 Å². The zero-order valence-corrected chi connectivity index (χ0v) is 21.4. The first-order chi connectivity index (χ1) is 17.4. The first-order valence-electron chi connectivity index (χ1n) is 11.7. The molecule has 0 bridgehead atoms. The number of methoxy groups -OCH3 is 1. The highest BCUT2D eigenvalue weighted by atomic mass is 32.1. The average Bonchev–Trinajstić information content (AvgIpc) is 3.18. The summed E-state index contributed by atoms with van der Waals surface area (Å²) >= 11 is 1.31. The third-order valence-electron chi connectivity index (χ3n) is 6.32. The van der Waals surface area contributed by atoms with Crippen LogP contribution in [-0.4, -0.2) is 24.3 Å². The van der Waals surface area contributed by atoms with Crippen LogP contribution in [0.15, 0.2) is 81.7 Å². The Balaban J connectivity index is 1.84. The van der Waals surface area contributed by atoms with Gasteiger partial charge >= 0.3 is 5.97 Å². The second kappa shape index (κ2) is 9.59. The lowest BCUT2D eigenvalue weighted by Gasteiger charge is -2.27. The summed E-state index contributed by atoms with van der Waals surface area (Å²) in [5.74, 6) is 0.0925. The van der Waals surface area contributed by atoms with E-state index in [1.807, 2.05) is 73.7 Å². The number of nitrogens with zero attached hydrogens (tertiary/aromatic N) is 2. The fourth-order valence-corrected chi connectivity index (χ4v) is 5.66. The van der Waals surface area contributed by atoms with Gasteiger partial charge in [0.1, 0.15) is 11.8 Å². The van der Waals surface area contributed by atoms with Crippen LogP contribution in [0.2, 0.25) is 0 Å². The van der Waals surface area contributed by atoms with Gasteiger partial charge in [-0.15, -0.1) is 0 Å². The fraction of sp³-hybridized carbons (Fsp3) is 0.207. The van der Waals surface area contributed by atoms with Crippen LogP contribution in [0.25, 0.3) is 16.8 Å². The van der Waals surface area contributed by atoms with Gasteiger partial charge in [0.25, 0.3) is 5.56 Å². The van der Waals surface area contributed by atoms with E-state index in [1.165, 1.54) is 11.3 Å². The summed E-state index contributed by atoms with van der Waals surface area (Å²) in [6.07, 6.45) is 1.87. The molecule has 36 heavy (non-hydrogen) atoms. The topological polar surface area (TPSA) is 69.9 Å². The molecular formula is C29H26N2O4S. The lowest BCUT2D eigenvalue weighted by Crippen LogP contribution is -2.40. The summed E-state index contributed by atoms with van der Waals surface area (Å²) in [6.45, 7) is 5.79.